The van der Waals surface area contributed by atoms with Crippen LogP contribution in [0.4, 0.5) is 23.2 Å². The molecule has 8 nitrogen and oxygen atoms in total. The van der Waals surface area contributed by atoms with Gasteiger partial charge < -0.3 is 20.1 Å². The van der Waals surface area contributed by atoms with Crippen LogP contribution in [-0.2, 0) is 14.3 Å². The quantitative estimate of drug-likeness (QED) is 0.562. The highest BCUT2D eigenvalue weighted by molar-refractivity contribution is 5.91. The molecule has 166 valence electrons. The summed E-state index contributed by atoms with van der Waals surface area (Å²) in [5, 5.41) is 8.35. The Balaban J connectivity index is 1.56. The summed E-state index contributed by atoms with van der Waals surface area (Å²) in [6.45, 7) is 2.46. The Morgan fingerprint density at radius 3 is 2.77 bits per heavy atom. The van der Waals surface area contributed by atoms with Crippen molar-refractivity contribution in [3.05, 3.63) is 24.3 Å². The average molecular weight is 434 g/mol. The monoisotopic (exact) mass is 434 g/mol. The highest BCUT2D eigenvalue weighted by Gasteiger charge is 2.44. The molecule has 12 heteroatoms. The first-order chi connectivity index (χ1) is 14.2. The summed E-state index contributed by atoms with van der Waals surface area (Å²) in [5.74, 6) is -1.23. The molecule has 0 aromatic heterocycles. The van der Waals surface area contributed by atoms with E-state index in [9.17, 15) is 27.2 Å². The van der Waals surface area contributed by atoms with E-state index in [-0.39, 0.29) is 30.6 Å². The average Bonchev–Trinajstić information content (AvgIpc) is 2.68. The fourth-order valence-corrected chi connectivity index (χ4v) is 3.23. The largest absolute Gasteiger partial charge is 0.461 e. The van der Waals surface area contributed by atoms with Crippen molar-refractivity contribution >= 4 is 17.5 Å². The van der Waals surface area contributed by atoms with Crippen molar-refractivity contribution in [1.82, 2.24) is 15.5 Å². The maximum atomic E-state index is 13.0. The second kappa shape index (κ2) is 9.58. The van der Waals surface area contributed by atoms with Gasteiger partial charge in [-0.15, -0.1) is 0 Å². The lowest BCUT2D eigenvalue weighted by atomic mass is 10.1. The molecule has 2 aliphatic rings. The lowest BCUT2D eigenvalue weighted by molar-refractivity contribution is -0.253. The molecule has 2 amide bonds. The van der Waals surface area contributed by atoms with E-state index >= 15 is 0 Å². The number of carbonyl (C=O) groups is 2. The minimum Gasteiger partial charge on any atom is -0.428 e. The van der Waals surface area contributed by atoms with Crippen LogP contribution in [0.3, 0.4) is 0 Å². The van der Waals surface area contributed by atoms with Crippen molar-refractivity contribution in [2.75, 3.05) is 31.6 Å². The molecule has 3 N–H and O–H groups in total. The Hall–Kier alpha value is -2.44. The molecule has 1 aromatic rings. The number of nitrogens with one attached hydrogen (secondary N) is 3. The lowest BCUT2D eigenvalue weighted by Crippen LogP contribution is -2.63. The lowest BCUT2D eigenvalue weighted by Gasteiger charge is -2.40. The highest BCUT2D eigenvalue weighted by atomic mass is 19.3. The number of amides is 2. The van der Waals surface area contributed by atoms with Gasteiger partial charge >= 0.3 is 12.5 Å². The molecule has 0 radical (unpaired) electrons. The summed E-state index contributed by atoms with van der Waals surface area (Å²) in [7, 11) is 0. The van der Waals surface area contributed by atoms with E-state index in [4.69, 9.17) is 4.74 Å². The van der Waals surface area contributed by atoms with Crippen LogP contribution in [0.25, 0.3) is 0 Å². The van der Waals surface area contributed by atoms with Crippen LogP contribution in [0.5, 0.6) is 5.75 Å². The summed E-state index contributed by atoms with van der Waals surface area (Å²) < 4.78 is 59.9. The van der Waals surface area contributed by atoms with Crippen molar-refractivity contribution in [3.63, 3.8) is 0 Å². The predicted molar refractivity (Wildman–Crippen MR) is 97.1 cm³/mol. The molecule has 2 saturated heterocycles. The molecule has 2 fully saturated rings. The molecule has 0 saturated carbocycles. The Bertz CT molecular complexity index is 761. The van der Waals surface area contributed by atoms with Gasteiger partial charge in [0.25, 0.3) is 0 Å². The van der Waals surface area contributed by atoms with Gasteiger partial charge in [-0.3, -0.25) is 19.8 Å². The first-order valence-corrected chi connectivity index (χ1v) is 9.35. The minimum atomic E-state index is -4.65. The highest BCUT2D eigenvalue weighted by Crippen LogP contribution is 2.28. The number of rotatable bonds is 7. The van der Waals surface area contributed by atoms with Gasteiger partial charge in [-0.05, 0) is 12.1 Å². The number of benzene rings is 1. The number of nitrogens with zero attached hydrogens (tertiary/aromatic N) is 1. The number of morpholine rings is 1. The molecule has 2 aliphatic heterocycles. The van der Waals surface area contributed by atoms with Crippen molar-refractivity contribution in [2.24, 2.45) is 0 Å². The number of halogens is 4. The van der Waals surface area contributed by atoms with E-state index < -0.39 is 30.4 Å². The molecule has 0 spiro atoms. The first kappa shape index (κ1) is 22.2. The maximum Gasteiger partial charge on any atom is 0.461 e. The van der Waals surface area contributed by atoms with Crippen LogP contribution in [0, 0.1) is 0 Å². The molecule has 0 aliphatic carbocycles. The van der Waals surface area contributed by atoms with Crippen LogP contribution in [0.15, 0.2) is 24.3 Å². The molecule has 0 bridgehead atoms. The van der Waals surface area contributed by atoms with Crippen LogP contribution in [0.2, 0.25) is 0 Å². The third kappa shape index (κ3) is 6.03. The van der Waals surface area contributed by atoms with E-state index in [1.54, 1.807) is 0 Å². The van der Waals surface area contributed by atoms with E-state index in [0.717, 1.165) is 12.1 Å². The van der Waals surface area contributed by atoms with E-state index in [1.165, 1.54) is 12.1 Å². The number of hydrogen-bond acceptors (Lipinski definition) is 6. The topological polar surface area (TPSA) is 91.9 Å². The second-order valence-corrected chi connectivity index (χ2v) is 6.90. The third-order valence-corrected chi connectivity index (χ3v) is 4.61. The number of hydrogen-bond donors (Lipinski definition) is 3. The zero-order valence-corrected chi connectivity index (χ0v) is 15.9. The van der Waals surface area contributed by atoms with Gasteiger partial charge in [0.2, 0.25) is 11.8 Å². The molecule has 1 aromatic carbocycles. The summed E-state index contributed by atoms with van der Waals surface area (Å²) in [6.07, 6.45) is -9.36. The Morgan fingerprint density at radius 2 is 2.07 bits per heavy atom. The molecule has 3 rings (SSSR count). The zero-order valence-electron chi connectivity index (χ0n) is 15.9. The summed E-state index contributed by atoms with van der Waals surface area (Å²) in [6, 6.07) is 4.76. The minimum absolute atomic E-state index is 0.0921. The SMILES string of the molecule is O=C(CC1NC(=O)CC(N2CCOCC2)N1)Nc1cccc(OC(F)(F)C(F)F)c1. The van der Waals surface area contributed by atoms with Crippen LogP contribution < -0.4 is 20.7 Å². The van der Waals surface area contributed by atoms with Crippen LogP contribution >= 0.6 is 0 Å². The predicted octanol–water partition coefficient (Wildman–Crippen LogP) is 1.35. The number of carbonyl (C=O) groups excluding carboxylic acids is 2. The molecular formula is C18H22F4N4O4. The number of ether oxygens (including phenoxy) is 2. The Labute approximate surface area is 169 Å². The number of anilines is 1. The zero-order chi connectivity index (χ0) is 21.7. The molecule has 2 atom stereocenters. The second-order valence-electron chi connectivity index (χ2n) is 6.90. The normalized spacial score (nSPS) is 23.2. The fourth-order valence-electron chi connectivity index (χ4n) is 3.23. The van der Waals surface area contributed by atoms with Crippen LogP contribution in [0.1, 0.15) is 12.8 Å². The smallest absolute Gasteiger partial charge is 0.428 e. The third-order valence-electron chi connectivity index (χ3n) is 4.61. The van der Waals surface area contributed by atoms with Crippen molar-refractivity contribution < 1.29 is 36.6 Å². The van der Waals surface area contributed by atoms with Gasteiger partial charge in [-0.25, -0.2) is 0 Å². The van der Waals surface area contributed by atoms with Crippen molar-refractivity contribution in [2.45, 2.75) is 37.7 Å². The maximum absolute atomic E-state index is 13.0. The fraction of sp³-hybridized carbons (Fsp3) is 0.556. The summed E-state index contributed by atoms with van der Waals surface area (Å²) in [5.41, 5.74) is 0.0921. The van der Waals surface area contributed by atoms with E-state index in [0.29, 0.717) is 26.3 Å². The van der Waals surface area contributed by atoms with E-state index in [1.807, 2.05) is 0 Å². The number of alkyl halides is 4. The van der Waals surface area contributed by atoms with Gasteiger partial charge in [0.15, 0.2) is 0 Å². The summed E-state index contributed by atoms with van der Waals surface area (Å²) >= 11 is 0. The first-order valence-electron chi connectivity index (χ1n) is 9.35. The van der Waals surface area contributed by atoms with Gasteiger partial charge in [-0.2, -0.15) is 17.6 Å². The van der Waals surface area contributed by atoms with Gasteiger partial charge in [0, 0.05) is 24.8 Å². The van der Waals surface area contributed by atoms with Crippen molar-refractivity contribution in [3.8, 4) is 5.75 Å². The Morgan fingerprint density at radius 1 is 1.33 bits per heavy atom. The summed E-state index contributed by atoms with van der Waals surface area (Å²) in [4.78, 5) is 26.4. The van der Waals surface area contributed by atoms with Crippen LogP contribution in [-0.4, -0.2) is 67.9 Å². The molecule has 2 unspecified atom stereocenters. The molecular weight excluding hydrogens is 412 g/mol. The molecule has 30 heavy (non-hydrogen) atoms. The Kier molecular flexibility index (Phi) is 7.10. The van der Waals surface area contributed by atoms with Crippen molar-refractivity contribution in [1.29, 1.82) is 0 Å². The van der Waals surface area contributed by atoms with E-state index in [2.05, 4.69) is 25.6 Å². The van der Waals surface area contributed by atoms with Gasteiger partial charge in [-0.1, -0.05) is 6.07 Å². The molecule has 2 heterocycles. The van der Waals surface area contributed by atoms with Gasteiger partial charge in [0.05, 0.1) is 38.4 Å². The standard InChI is InChI=1S/C18H22F4N4O4/c19-17(20)18(21,22)30-12-3-1-2-11(8-12)23-15(27)9-13-24-14(10-16(28)25-13)26-4-6-29-7-5-26/h1-3,8,13-14,17,24H,4-7,9-10H2,(H,23,27)(H,25,28). The van der Waals surface area contributed by atoms with Gasteiger partial charge in [0.1, 0.15) is 5.75 Å².